The number of nitrogens with two attached hydrogens (primary N) is 1. The lowest BCUT2D eigenvalue weighted by molar-refractivity contribution is -0.130. The van der Waals surface area contributed by atoms with Crippen molar-refractivity contribution in [3.8, 4) is 0 Å². The van der Waals surface area contributed by atoms with Crippen LogP contribution in [0.25, 0.3) is 0 Å². The van der Waals surface area contributed by atoms with Crippen LogP contribution in [0.15, 0.2) is 0 Å². The zero-order valence-corrected chi connectivity index (χ0v) is 13.4. The van der Waals surface area contributed by atoms with Gasteiger partial charge in [-0.15, -0.1) is 0 Å². The van der Waals surface area contributed by atoms with Crippen molar-refractivity contribution in [2.75, 3.05) is 11.5 Å². The highest BCUT2D eigenvalue weighted by molar-refractivity contribution is 7.91. The Hall–Kier alpha value is -0.690. The Bertz CT molecular complexity index is 524. The second-order valence-electron chi connectivity index (χ2n) is 6.36. The fraction of sp³-hybridized carbons (Fsp3) is 0.846. The summed E-state index contributed by atoms with van der Waals surface area (Å²) in [7, 11) is -3.05. The molecule has 1 saturated heterocycles. The van der Waals surface area contributed by atoms with Crippen LogP contribution in [-0.2, 0) is 14.6 Å². The van der Waals surface area contributed by atoms with Crippen molar-refractivity contribution in [3.05, 3.63) is 0 Å². The Labute approximate surface area is 125 Å². The minimum Gasteiger partial charge on any atom is -0.392 e. The SMILES string of the molecule is CC1(NC(=O)C2(C(N)=S)CCCCC2)CCS(=O)(=O)C1. The van der Waals surface area contributed by atoms with Gasteiger partial charge in [0.25, 0.3) is 0 Å². The molecule has 0 aromatic carbocycles. The molecule has 0 aromatic rings. The molecule has 2 rings (SSSR count). The second kappa shape index (κ2) is 5.26. The second-order valence-corrected chi connectivity index (χ2v) is 8.99. The van der Waals surface area contributed by atoms with E-state index in [1.807, 2.05) is 0 Å². The van der Waals surface area contributed by atoms with Crippen LogP contribution >= 0.6 is 12.2 Å². The first-order valence-electron chi connectivity index (χ1n) is 7.02. The van der Waals surface area contributed by atoms with E-state index in [0.29, 0.717) is 19.3 Å². The topological polar surface area (TPSA) is 89.3 Å². The molecule has 1 atom stereocenters. The third kappa shape index (κ3) is 2.98. The van der Waals surface area contributed by atoms with E-state index in [1.165, 1.54) is 0 Å². The van der Waals surface area contributed by atoms with Gasteiger partial charge in [0.1, 0.15) is 0 Å². The highest BCUT2D eigenvalue weighted by atomic mass is 32.2. The third-order valence-electron chi connectivity index (χ3n) is 4.53. The monoisotopic (exact) mass is 318 g/mol. The molecule has 1 unspecified atom stereocenters. The summed E-state index contributed by atoms with van der Waals surface area (Å²) in [6, 6.07) is 0. The highest BCUT2D eigenvalue weighted by Gasteiger charge is 2.47. The number of rotatable bonds is 3. The zero-order chi connectivity index (χ0) is 15.0. The van der Waals surface area contributed by atoms with Crippen LogP contribution in [0, 0.1) is 5.41 Å². The van der Waals surface area contributed by atoms with E-state index in [4.69, 9.17) is 18.0 Å². The molecule has 0 aromatic heterocycles. The van der Waals surface area contributed by atoms with Crippen molar-refractivity contribution >= 4 is 33.0 Å². The molecule has 1 aliphatic carbocycles. The quantitative estimate of drug-likeness (QED) is 0.755. The Balaban J connectivity index is 2.16. The summed E-state index contributed by atoms with van der Waals surface area (Å²) < 4.78 is 23.2. The molecular weight excluding hydrogens is 296 g/mol. The van der Waals surface area contributed by atoms with E-state index in [1.54, 1.807) is 6.92 Å². The van der Waals surface area contributed by atoms with Crippen molar-refractivity contribution < 1.29 is 13.2 Å². The van der Waals surface area contributed by atoms with Gasteiger partial charge in [-0.2, -0.15) is 0 Å². The molecule has 1 aliphatic heterocycles. The number of hydrogen-bond acceptors (Lipinski definition) is 4. The standard InChI is InChI=1S/C13H22N2O3S2/c1-12(7-8-20(17,18)9-12)15-11(16)13(10(14)19)5-3-2-4-6-13/h2-9H2,1H3,(H2,14,19)(H,15,16). The average molecular weight is 318 g/mol. The summed E-state index contributed by atoms with van der Waals surface area (Å²) in [5.74, 6) is -0.0625. The van der Waals surface area contributed by atoms with Crippen LogP contribution < -0.4 is 11.1 Å². The van der Waals surface area contributed by atoms with Crippen molar-refractivity contribution in [1.29, 1.82) is 0 Å². The molecular formula is C13H22N2O3S2. The maximum absolute atomic E-state index is 12.7. The van der Waals surface area contributed by atoms with Crippen LogP contribution in [0.3, 0.4) is 0 Å². The molecule has 7 heteroatoms. The number of hydrogen-bond donors (Lipinski definition) is 2. The van der Waals surface area contributed by atoms with Gasteiger partial charge in [-0.05, 0) is 26.2 Å². The van der Waals surface area contributed by atoms with Gasteiger partial charge in [0.2, 0.25) is 5.91 Å². The number of carbonyl (C=O) groups is 1. The van der Waals surface area contributed by atoms with Gasteiger partial charge in [0, 0.05) is 0 Å². The van der Waals surface area contributed by atoms with Gasteiger partial charge in [-0.1, -0.05) is 31.5 Å². The van der Waals surface area contributed by atoms with E-state index < -0.39 is 20.8 Å². The fourth-order valence-corrected chi connectivity index (χ4v) is 5.63. The lowest BCUT2D eigenvalue weighted by Gasteiger charge is -2.37. The van der Waals surface area contributed by atoms with Gasteiger partial charge in [0.15, 0.2) is 9.84 Å². The predicted octanol–water partition coefficient (Wildman–Crippen LogP) is 0.916. The van der Waals surface area contributed by atoms with Crippen LogP contribution in [0.2, 0.25) is 0 Å². The lowest BCUT2D eigenvalue weighted by atomic mass is 9.72. The molecule has 0 bridgehead atoms. The van der Waals surface area contributed by atoms with Gasteiger partial charge in [0.05, 0.1) is 27.4 Å². The maximum atomic E-state index is 12.7. The van der Waals surface area contributed by atoms with Gasteiger partial charge in [-0.3, -0.25) is 4.79 Å². The molecule has 20 heavy (non-hydrogen) atoms. The molecule has 0 spiro atoms. The zero-order valence-electron chi connectivity index (χ0n) is 11.8. The Kier molecular flexibility index (Phi) is 4.12. The number of amides is 1. The molecule has 5 nitrogen and oxygen atoms in total. The normalized spacial score (nSPS) is 31.6. The van der Waals surface area contributed by atoms with Gasteiger partial charge >= 0.3 is 0 Å². The Morgan fingerprint density at radius 1 is 1.20 bits per heavy atom. The molecule has 1 heterocycles. The van der Waals surface area contributed by atoms with E-state index in [-0.39, 0.29) is 22.4 Å². The molecule has 1 amide bonds. The molecule has 114 valence electrons. The fourth-order valence-electron chi connectivity index (χ4n) is 3.24. The summed E-state index contributed by atoms with van der Waals surface area (Å²) in [6.07, 6.45) is 4.73. The molecule has 2 aliphatic rings. The summed E-state index contributed by atoms with van der Waals surface area (Å²) in [5, 5.41) is 2.92. The van der Waals surface area contributed by atoms with Crippen LogP contribution in [0.1, 0.15) is 45.4 Å². The first kappa shape index (κ1) is 15.7. The van der Waals surface area contributed by atoms with Crippen molar-refractivity contribution in [3.63, 3.8) is 0 Å². The summed E-state index contributed by atoms with van der Waals surface area (Å²) >= 11 is 5.12. The van der Waals surface area contributed by atoms with Crippen LogP contribution in [-0.4, -0.2) is 36.4 Å². The number of thiocarbonyl (C=S) groups is 1. The minimum absolute atomic E-state index is 0.000840. The molecule has 0 radical (unpaired) electrons. The van der Waals surface area contributed by atoms with Gasteiger partial charge < -0.3 is 11.1 Å². The first-order valence-corrected chi connectivity index (χ1v) is 9.25. The summed E-state index contributed by atoms with van der Waals surface area (Å²) in [5.41, 5.74) is 4.35. The predicted molar refractivity (Wildman–Crippen MR) is 82.1 cm³/mol. The Morgan fingerprint density at radius 3 is 2.25 bits per heavy atom. The van der Waals surface area contributed by atoms with Crippen molar-refractivity contribution in [2.24, 2.45) is 11.1 Å². The average Bonchev–Trinajstić information content (AvgIpc) is 2.63. The molecule has 3 N–H and O–H groups in total. The third-order valence-corrected chi connectivity index (χ3v) is 6.83. The largest absolute Gasteiger partial charge is 0.392 e. The summed E-state index contributed by atoms with van der Waals surface area (Å²) in [6.45, 7) is 1.78. The minimum atomic E-state index is -3.05. The molecule has 1 saturated carbocycles. The Morgan fingerprint density at radius 2 is 1.80 bits per heavy atom. The van der Waals surface area contributed by atoms with E-state index >= 15 is 0 Å². The maximum Gasteiger partial charge on any atom is 0.233 e. The van der Waals surface area contributed by atoms with Crippen LogP contribution in [0.4, 0.5) is 0 Å². The van der Waals surface area contributed by atoms with E-state index in [0.717, 1.165) is 19.3 Å². The lowest BCUT2D eigenvalue weighted by Crippen LogP contribution is -2.57. The highest BCUT2D eigenvalue weighted by Crippen LogP contribution is 2.38. The van der Waals surface area contributed by atoms with E-state index in [2.05, 4.69) is 5.32 Å². The summed E-state index contributed by atoms with van der Waals surface area (Å²) in [4.78, 5) is 12.9. The smallest absolute Gasteiger partial charge is 0.233 e. The van der Waals surface area contributed by atoms with Crippen molar-refractivity contribution in [1.82, 2.24) is 5.32 Å². The van der Waals surface area contributed by atoms with Crippen LogP contribution in [0.5, 0.6) is 0 Å². The molecule has 2 fully saturated rings. The number of nitrogens with one attached hydrogen (secondary N) is 1. The first-order chi connectivity index (χ1) is 9.19. The number of carbonyl (C=O) groups excluding carboxylic acids is 1. The van der Waals surface area contributed by atoms with Crippen molar-refractivity contribution in [2.45, 2.75) is 51.0 Å². The number of sulfone groups is 1. The van der Waals surface area contributed by atoms with E-state index in [9.17, 15) is 13.2 Å². The van der Waals surface area contributed by atoms with Gasteiger partial charge in [-0.25, -0.2) is 8.42 Å².